The van der Waals surface area contributed by atoms with Gasteiger partial charge in [0.15, 0.2) is 6.61 Å². The number of likely N-dealkylation sites (tertiary alicyclic amines) is 1. The van der Waals surface area contributed by atoms with Crippen LogP contribution in [0.15, 0.2) is 41.0 Å². The van der Waals surface area contributed by atoms with E-state index in [1.165, 1.54) is 24.8 Å². The van der Waals surface area contributed by atoms with Crippen LogP contribution in [-0.4, -0.2) is 37.0 Å². The Labute approximate surface area is 155 Å². The number of furan rings is 1. The van der Waals surface area contributed by atoms with Gasteiger partial charge in [0.1, 0.15) is 11.5 Å². The van der Waals surface area contributed by atoms with Crippen molar-refractivity contribution in [2.75, 3.05) is 26.2 Å². The smallest absolute Gasteiger partial charge is 0.258 e. The zero-order valence-electron chi connectivity index (χ0n) is 15.7. The highest BCUT2D eigenvalue weighted by atomic mass is 16.5. The lowest BCUT2D eigenvalue weighted by molar-refractivity contribution is -0.123. The van der Waals surface area contributed by atoms with E-state index in [-0.39, 0.29) is 18.6 Å². The minimum atomic E-state index is -0.114. The van der Waals surface area contributed by atoms with Crippen LogP contribution in [0.4, 0.5) is 0 Å². The first kappa shape index (κ1) is 18.5. The number of nitrogens with one attached hydrogen (secondary N) is 1. The van der Waals surface area contributed by atoms with Gasteiger partial charge in [-0.25, -0.2) is 0 Å². The fraction of sp³-hybridized carbons (Fsp3) is 0.476. The summed E-state index contributed by atoms with van der Waals surface area (Å²) in [7, 11) is 0. The molecule has 1 aromatic heterocycles. The van der Waals surface area contributed by atoms with E-state index in [4.69, 9.17) is 9.15 Å². The Balaban J connectivity index is 1.52. The number of amides is 1. The van der Waals surface area contributed by atoms with Crippen molar-refractivity contribution in [1.82, 2.24) is 10.2 Å². The summed E-state index contributed by atoms with van der Waals surface area (Å²) in [5.74, 6) is 1.51. The summed E-state index contributed by atoms with van der Waals surface area (Å²) in [6.07, 6.45) is 5.36. The summed E-state index contributed by atoms with van der Waals surface area (Å²) in [5, 5.41) is 3.00. The van der Waals surface area contributed by atoms with Crippen molar-refractivity contribution in [3.8, 4) is 5.75 Å². The van der Waals surface area contributed by atoms with Crippen LogP contribution in [0, 0.1) is 13.8 Å². The normalized spacial score (nSPS) is 16.2. The molecule has 140 valence electrons. The van der Waals surface area contributed by atoms with E-state index in [0.29, 0.717) is 6.54 Å². The highest BCUT2D eigenvalue weighted by Crippen LogP contribution is 2.24. The number of ether oxygens (including phenoxy) is 1. The average Bonchev–Trinajstić information content (AvgIpc) is 3.18. The summed E-state index contributed by atoms with van der Waals surface area (Å²) < 4.78 is 11.2. The van der Waals surface area contributed by atoms with E-state index >= 15 is 0 Å². The van der Waals surface area contributed by atoms with Crippen LogP contribution >= 0.6 is 0 Å². The molecule has 0 bridgehead atoms. The van der Waals surface area contributed by atoms with Gasteiger partial charge in [0.2, 0.25) is 0 Å². The van der Waals surface area contributed by atoms with Gasteiger partial charge >= 0.3 is 0 Å². The molecule has 26 heavy (non-hydrogen) atoms. The largest absolute Gasteiger partial charge is 0.484 e. The zero-order chi connectivity index (χ0) is 18.4. The van der Waals surface area contributed by atoms with Crippen molar-refractivity contribution >= 4 is 5.91 Å². The molecule has 0 aliphatic carbocycles. The Kier molecular flexibility index (Phi) is 6.34. The molecule has 1 saturated heterocycles. The monoisotopic (exact) mass is 356 g/mol. The number of benzene rings is 1. The zero-order valence-corrected chi connectivity index (χ0v) is 15.7. The Bertz CT molecular complexity index is 706. The lowest BCUT2D eigenvalue weighted by atomic mass is 10.1. The average molecular weight is 356 g/mol. The van der Waals surface area contributed by atoms with Gasteiger partial charge in [-0.2, -0.15) is 0 Å². The highest BCUT2D eigenvalue weighted by molar-refractivity contribution is 5.77. The molecule has 1 amide bonds. The molecular formula is C21H28N2O3. The third-order valence-electron chi connectivity index (χ3n) is 5.04. The fourth-order valence-corrected chi connectivity index (χ4v) is 3.33. The predicted molar refractivity (Wildman–Crippen MR) is 101 cm³/mol. The first-order chi connectivity index (χ1) is 12.6. The molecule has 0 saturated carbocycles. The van der Waals surface area contributed by atoms with Gasteiger partial charge in [0.05, 0.1) is 12.3 Å². The molecule has 1 atom stereocenters. The number of hydrogen-bond donors (Lipinski definition) is 1. The van der Waals surface area contributed by atoms with Crippen LogP contribution in [0.2, 0.25) is 0 Å². The van der Waals surface area contributed by atoms with Gasteiger partial charge in [0.25, 0.3) is 5.91 Å². The highest BCUT2D eigenvalue weighted by Gasteiger charge is 2.24. The minimum absolute atomic E-state index is 0.0212. The van der Waals surface area contributed by atoms with Crippen molar-refractivity contribution < 1.29 is 13.9 Å². The number of aryl methyl sites for hydroxylation is 2. The van der Waals surface area contributed by atoms with Crippen LogP contribution in [0.5, 0.6) is 5.75 Å². The second-order valence-electron chi connectivity index (χ2n) is 6.97. The molecule has 3 rings (SSSR count). The molecule has 0 unspecified atom stereocenters. The van der Waals surface area contributed by atoms with E-state index in [2.05, 4.69) is 17.1 Å². The van der Waals surface area contributed by atoms with Crippen molar-refractivity contribution in [2.24, 2.45) is 0 Å². The Hall–Kier alpha value is -2.27. The number of rotatable bonds is 7. The van der Waals surface area contributed by atoms with Crippen LogP contribution < -0.4 is 10.1 Å². The maximum atomic E-state index is 12.2. The van der Waals surface area contributed by atoms with E-state index in [9.17, 15) is 4.79 Å². The second-order valence-corrected chi connectivity index (χ2v) is 6.97. The number of carbonyl (C=O) groups is 1. The van der Waals surface area contributed by atoms with E-state index in [0.717, 1.165) is 30.2 Å². The van der Waals surface area contributed by atoms with Gasteiger partial charge in [0, 0.05) is 6.54 Å². The van der Waals surface area contributed by atoms with Gasteiger partial charge in [-0.1, -0.05) is 12.5 Å². The summed E-state index contributed by atoms with van der Waals surface area (Å²) in [4.78, 5) is 14.6. The van der Waals surface area contributed by atoms with Crippen molar-refractivity contribution in [2.45, 2.75) is 39.2 Å². The molecule has 0 spiro atoms. The maximum absolute atomic E-state index is 12.2. The lowest BCUT2D eigenvalue weighted by Gasteiger charge is -2.33. The first-order valence-corrected chi connectivity index (χ1v) is 9.37. The molecule has 1 aliphatic heterocycles. The molecule has 1 aromatic carbocycles. The maximum Gasteiger partial charge on any atom is 0.258 e. The molecule has 0 radical (unpaired) electrons. The van der Waals surface area contributed by atoms with Crippen molar-refractivity contribution in [3.05, 3.63) is 53.5 Å². The van der Waals surface area contributed by atoms with Gasteiger partial charge in [-0.15, -0.1) is 0 Å². The molecule has 1 aliphatic rings. The summed E-state index contributed by atoms with van der Waals surface area (Å²) in [6, 6.07) is 9.83. The number of hydrogen-bond acceptors (Lipinski definition) is 4. The summed E-state index contributed by atoms with van der Waals surface area (Å²) >= 11 is 0. The van der Waals surface area contributed by atoms with Crippen LogP contribution in [0.25, 0.3) is 0 Å². The fourth-order valence-electron chi connectivity index (χ4n) is 3.33. The lowest BCUT2D eigenvalue weighted by Crippen LogP contribution is -2.41. The third kappa shape index (κ3) is 4.88. The predicted octanol–water partition coefficient (Wildman–Crippen LogP) is 3.62. The third-order valence-corrected chi connectivity index (χ3v) is 5.04. The van der Waals surface area contributed by atoms with E-state index in [1.54, 1.807) is 6.26 Å². The van der Waals surface area contributed by atoms with Crippen molar-refractivity contribution in [3.63, 3.8) is 0 Å². The molecular weight excluding hydrogens is 328 g/mol. The van der Waals surface area contributed by atoms with Gasteiger partial charge in [-0.05, 0) is 75.2 Å². The number of carbonyl (C=O) groups excluding carboxylic acids is 1. The Morgan fingerprint density at radius 2 is 2.00 bits per heavy atom. The van der Waals surface area contributed by atoms with Crippen molar-refractivity contribution in [1.29, 1.82) is 0 Å². The topological polar surface area (TPSA) is 54.7 Å². The van der Waals surface area contributed by atoms with Gasteiger partial charge < -0.3 is 14.5 Å². The van der Waals surface area contributed by atoms with E-state index in [1.807, 2.05) is 37.3 Å². The van der Waals surface area contributed by atoms with Crippen LogP contribution in [0.3, 0.4) is 0 Å². The van der Waals surface area contributed by atoms with Crippen LogP contribution in [-0.2, 0) is 4.79 Å². The summed E-state index contributed by atoms with van der Waals surface area (Å²) in [6.45, 7) is 6.73. The van der Waals surface area contributed by atoms with Crippen LogP contribution in [0.1, 0.15) is 42.2 Å². The molecule has 2 aromatic rings. The minimum Gasteiger partial charge on any atom is -0.484 e. The van der Waals surface area contributed by atoms with Gasteiger partial charge in [-0.3, -0.25) is 9.69 Å². The quantitative estimate of drug-likeness (QED) is 0.823. The number of piperidine rings is 1. The molecule has 5 nitrogen and oxygen atoms in total. The Morgan fingerprint density at radius 1 is 1.19 bits per heavy atom. The summed E-state index contributed by atoms with van der Waals surface area (Å²) in [5.41, 5.74) is 2.37. The number of nitrogens with zero attached hydrogens (tertiary/aromatic N) is 1. The molecule has 1 fully saturated rings. The first-order valence-electron chi connectivity index (χ1n) is 9.37. The molecule has 5 heteroatoms. The molecule has 1 N–H and O–H groups in total. The second kappa shape index (κ2) is 8.90. The molecule has 2 heterocycles. The van der Waals surface area contributed by atoms with E-state index < -0.39 is 0 Å². The standard InChI is InChI=1S/C21H28N2O3/c1-16-8-9-18(13-17(16)2)26-15-21(24)22-14-19(20-7-6-12-25-20)23-10-4-3-5-11-23/h6-9,12-13,19H,3-5,10-11,14-15H2,1-2H3,(H,22,24)/t19-/m0/s1. The Morgan fingerprint density at radius 3 is 2.69 bits per heavy atom. The SMILES string of the molecule is Cc1ccc(OCC(=O)NC[C@@H](c2ccco2)N2CCCCC2)cc1C.